The maximum absolute atomic E-state index is 12.4. The van der Waals surface area contributed by atoms with Crippen molar-refractivity contribution in [3.63, 3.8) is 0 Å². The summed E-state index contributed by atoms with van der Waals surface area (Å²) in [6.07, 6.45) is 4.81. The number of nitrogens with one attached hydrogen (secondary N) is 1. The van der Waals surface area contributed by atoms with Gasteiger partial charge in [-0.25, -0.2) is 13.1 Å². The van der Waals surface area contributed by atoms with Crippen LogP contribution in [0.3, 0.4) is 0 Å². The topological polar surface area (TPSA) is 64.6 Å². The summed E-state index contributed by atoms with van der Waals surface area (Å²) in [4.78, 5) is -0.0297. The van der Waals surface area contributed by atoms with Gasteiger partial charge in [-0.15, -0.1) is 0 Å². The average Bonchev–Trinajstić information content (AvgIpc) is 2.91. The summed E-state index contributed by atoms with van der Waals surface area (Å²) in [5.74, 6) is -0.512. The highest BCUT2D eigenvalue weighted by molar-refractivity contribution is 7.89. The smallest absolute Gasteiger partial charge is 0.242 e. The lowest BCUT2D eigenvalue weighted by Gasteiger charge is -2.31. The molecule has 1 spiro atoms. The molecule has 1 heterocycles. The largest absolute Gasteiger partial charge is 0.347 e. The number of benzene rings is 1. The van der Waals surface area contributed by atoms with E-state index in [-0.39, 0.29) is 22.6 Å². The molecule has 0 unspecified atom stereocenters. The lowest BCUT2D eigenvalue weighted by molar-refractivity contribution is -0.186. The normalized spacial score (nSPS) is 24.2. The van der Waals surface area contributed by atoms with Crippen molar-refractivity contribution in [2.24, 2.45) is 0 Å². The molecule has 2 fully saturated rings. The van der Waals surface area contributed by atoms with Crippen LogP contribution < -0.4 is 4.72 Å². The fourth-order valence-corrected chi connectivity index (χ4v) is 4.86. The Hall–Kier alpha value is -0.370. The molecule has 3 rings (SSSR count). The molecule has 128 valence electrons. The van der Waals surface area contributed by atoms with E-state index in [9.17, 15) is 8.42 Å². The van der Waals surface area contributed by atoms with Crippen molar-refractivity contribution < 1.29 is 17.9 Å². The highest BCUT2D eigenvalue weighted by atomic mass is 35.5. The first-order valence-corrected chi connectivity index (χ1v) is 9.91. The van der Waals surface area contributed by atoms with Gasteiger partial charge in [-0.05, 0) is 31.0 Å². The Morgan fingerprint density at radius 1 is 1.22 bits per heavy atom. The zero-order valence-corrected chi connectivity index (χ0v) is 14.9. The van der Waals surface area contributed by atoms with Crippen LogP contribution in [0.1, 0.15) is 32.1 Å². The van der Waals surface area contributed by atoms with Crippen molar-refractivity contribution >= 4 is 33.2 Å². The Labute approximate surface area is 146 Å². The van der Waals surface area contributed by atoms with Crippen LogP contribution in [0.5, 0.6) is 0 Å². The van der Waals surface area contributed by atoms with Crippen molar-refractivity contribution in [3.8, 4) is 0 Å². The van der Waals surface area contributed by atoms with Gasteiger partial charge in [0.05, 0.1) is 17.7 Å². The van der Waals surface area contributed by atoms with Gasteiger partial charge in [-0.3, -0.25) is 0 Å². The molecule has 0 aromatic heterocycles. The van der Waals surface area contributed by atoms with Crippen LogP contribution in [0.25, 0.3) is 0 Å². The monoisotopic (exact) mass is 379 g/mol. The number of halogens is 2. The highest BCUT2D eigenvalue weighted by Gasteiger charge is 2.42. The van der Waals surface area contributed by atoms with Crippen molar-refractivity contribution in [2.75, 3.05) is 13.2 Å². The molecule has 0 amide bonds. The Kier molecular flexibility index (Phi) is 5.21. The van der Waals surface area contributed by atoms with Crippen LogP contribution >= 0.6 is 23.2 Å². The van der Waals surface area contributed by atoms with Gasteiger partial charge in [-0.2, -0.15) is 0 Å². The number of hydrogen-bond donors (Lipinski definition) is 1. The van der Waals surface area contributed by atoms with Gasteiger partial charge in [0, 0.05) is 24.4 Å². The van der Waals surface area contributed by atoms with E-state index in [1.54, 1.807) is 6.07 Å². The van der Waals surface area contributed by atoms with Gasteiger partial charge in [0.15, 0.2) is 5.79 Å². The molecular formula is C15H19Cl2NO4S. The zero-order valence-electron chi connectivity index (χ0n) is 12.6. The molecule has 0 radical (unpaired) electrons. The molecular weight excluding hydrogens is 361 g/mol. The van der Waals surface area contributed by atoms with Gasteiger partial charge in [0.1, 0.15) is 4.90 Å². The van der Waals surface area contributed by atoms with Crippen LogP contribution in [0, 0.1) is 0 Å². The fraction of sp³-hybridized carbons (Fsp3) is 0.600. The third kappa shape index (κ3) is 4.00. The third-order valence-corrected chi connectivity index (χ3v) is 6.35. The molecule has 1 aliphatic carbocycles. The first-order valence-electron chi connectivity index (χ1n) is 7.67. The van der Waals surface area contributed by atoms with Crippen molar-refractivity contribution in [1.82, 2.24) is 4.72 Å². The maximum atomic E-state index is 12.4. The van der Waals surface area contributed by atoms with Gasteiger partial charge >= 0.3 is 0 Å². The zero-order chi connectivity index (χ0) is 16.5. The first-order chi connectivity index (χ1) is 10.9. The van der Waals surface area contributed by atoms with Gasteiger partial charge in [0.25, 0.3) is 0 Å². The minimum absolute atomic E-state index is 0.0297. The van der Waals surface area contributed by atoms with Crippen molar-refractivity contribution in [1.29, 1.82) is 0 Å². The Balaban J connectivity index is 1.63. The van der Waals surface area contributed by atoms with Crippen LogP contribution in [0.4, 0.5) is 0 Å². The summed E-state index contributed by atoms with van der Waals surface area (Å²) < 4.78 is 39.1. The van der Waals surface area contributed by atoms with Gasteiger partial charge < -0.3 is 9.47 Å². The number of hydrogen-bond acceptors (Lipinski definition) is 4. The van der Waals surface area contributed by atoms with Crippen LogP contribution in [0.15, 0.2) is 23.1 Å². The lowest BCUT2D eigenvalue weighted by atomic mass is 9.94. The van der Waals surface area contributed by atoms with E-state index in [2.05, 4.69) is 4.72 Å². The van der Waals surface area contributed by atoms with Crippen LogP contribution in [0.2, 0.25) is 10.0 Å². The number of rotatable bonds is 4. The summed E-state index contributed by atoms with van der Waals surface area (Å²) in [6.45, 7) is 0.540. The van der Waals surface area contributed by atoms with E-state index in [0.717, 1.165) is 25.7 Å². The second kappa shape index (κ2) is 6.86. The molecule has 1 aromatic rings. The van der Waals surface area contributed by atoms with Crippen molar-refractivity contribution in [3.05, 3.63) is 28.2 Å². The van der Waals surface area contributed by atoms with E-state index in [4.69, 9.17) is 32.7 Å². The molecule has 8 heteroatoms. The van der Waals surface area contributed by atoms with E-state index < -0.39 is 15.8 Å². The second-order valence-electron chi connectivity index (χ2n) is 5.95. The standard InChI is InChI=1S/C15H19Cl2NO4S/c16-11-4-5-13(17)14(8-11)23(19,20)18-9-12-10-21-15(22-12)6-2-1-3-7-15/h4-5,8,12,18H,1-3,6-7,9-10H2/t12-/m0/s1. The minimum atomic E-state index is -3.75. The van der Waals surface area contributed by atoms with E-state index in [1.807, 2.05) is 0 Å². The SMILES string of the molecule is O=S(=O)(NC[C@H]1COC2(CCCCC2)O1)c1cc(Cl)ccc1Cl. The minimum Gasteiger partial charge on any atom is -0.347 e. The quantitative estimate of drug-likeness (QED) is 0.870. The molecule has 1 atom stereocenters. The van der Waals surface area contributed by atoms with E-state index >= 15 is 0 Å². The van der Waals surface area contributed by atoms with Gasteiger partial charge in [-0.1, -0.05) is 29.6 Å². The molecule has 5 nitrogen and oxygen atoms in total. The Morgan fingerprint density at radius 3 is 2.70 bits per heavy atom. The second-order valence-corrected chi connectivity index (χ2v) is 8.53. The van der Waals surface area contributed by atoms with E-state index in [0.29, 0.717) is 11.6 Å². The number of sulfonamides is 1. The van der Waals surface area contributed by atoms with Crippen LogP contribution in [-0.4, -0.2) is 33.5 Å². The third-order valence-electron chi connectivity index (χ3n) is 4.21. The summed E-state index contributed by atoms with van der Waals surface area (Å²) in [6, 6.07) is 4.34. The molecule has 1 N–H and O–H groups in total. The average molecular weight is 380 g/mol. The Morgan fingerprint density at radius 2 is 1.96 bits per heavy atom. The molecule has 2 aliphatic rings. The maximum Gasteiger partial charge on any atom is 0.242 e. The molecule has 0 bridgehead atoms. The van der Waals surface area contributed by atoms with E-state index in [1.165, 1.54) is 18.6 Å². The number of ether oxygens (including phenoxy) is 2. The molecule has 1 aliphatic heterocycles. The van der Waals surface area contributed by atoms with Crippen molar-refractivity contribution in [2.45, 2.75) is 48.9 Å². The van der Waals surface area contributed by atoms with Crippen LogP contribution in [-0.2, 0) is 19.5 Å². The van der Waals surface area contributed by atoms with Gasteiger partial charge in [0.2, 0.25) is 10.0 Å². The summed E-state index contributed by atoms with van der Waals surface area (Å²) in [5.41, 5.74) is 0. The molecule has 1 aromatic carbocycles. The summed E-state index contributed by atoms with van der Waals surface area (Å²) in [5, 5.41) is 0.450. The predicted molar refractivity (Wildman–Crippen MR) is 88.3 cm³/mol. The molecule has 23 heavy (non-hydrogen) atoms. The predicted octanol–water partition coefficient (Wildman–Crippen LogP) is 3.35. The fourth-order valence-electron chi connectivity index (χ4n) is 3.03. The molecule has 1 saturated carbocycles. The summed E-state index contributed by atoms with van der Waals surface area (Å²) >= 11 is 11.8. The first kappa shape index (κ1) is 17.5. The molecule has 1 saturated heterocycles. The lowest BCUT2D eigenvalue weighted by Crippen LogP contribution is -2.37. The summed E-state index contributed by atoms with van der Waals surface area (Å²) in [7, 11) is -3.75. The Bertz CT molecular complexity index is 674. The highest BCUT2D eigenvalue weighted by Crippen LogP contribution is 2.37.